The number of nitrogens with one attached hydrogen (secondary N) is 1. The minimum Gasteiger partial charge on any atom is -0.393 e. The summed E-state index contributed by atoms with van der Waals surface area (Å²) >= 11 is 0. The fraction of sp³-hybridized carbons (Fsp3) is 0.625. The number of carbonyl (C=O) groups is 1. The molecule has 0 aromatic heterocycles. The molecule has 29 heavy (non-hydrogen) atoms. The van der Waals surface area contributed by atoms with Crippen LogP contribution >= 0.6 is 0 Å². The normalized spacial score (nSPS) is 25.4. The lowest BCUT2D eigenvalue weighted by Gasteiger charge is -2.23. The van der Waals surface area contributed by atoms with Gasteiger partial charge in [0, 0.05) is 13.0 Å². The summed E-state index contributed by atoms with van der Waals surface area (Å²) in [5.41, 5.74) is 1.22. The van der Waals surface area contributed by atoms with Crippen molar-refractivity contribution in [2.75, 3.05) is 6.54 Å². The zero-order chi connectivity index (χ0) is 21.1. The van der Waals surface area contributed by atoms with Crippen LogP contribution in [0.2, 0.25) is 0 Å². The lowest BCUT2D eigenvalue weighted by molar-refractivity contribution is -0.120. The third kappa shape index (κ3) is 8.29. The second-order valence-electron chi connectivity index (χ2n) is 8.15. The van der Waals surface area contributed by atoms with E-state index in [1.165, 1.54) is 5.56 Å². The van der Waals surface area contributed by atoms with Crippen LogP contribution in [0.15, 0.2) is 42.5 Å². The molecule has 1 amide bonds. The van der Waals surface area contributed by atoms with Crippen molar-refractivity contribution in [3.05, 3.63) is 48.0 Å². The Morgan fingerprint density at radius 3 is 2.59 bits per heavy atom. The van der Waals surface area contributed by atoms with Gasteiger partial charge in [-0.25, -0.2) is 0 Å². The Morgan fingerprint density at radius 1 is 1.14 bits per heavy atom. The standard InChI is InChI=1S/C24H37NO4/c1-2-25-24(29)12-8-4-7-11-20-21(23(28)17-22(20)27)16-15-19(26)14-13-18-9-5-3-6-10-18/h3-7,9-10,19-23,26-28H,2,8,11-17H2,1H3,(H,25,29). The highest BCUT2D eigenvalue weighted by atomic mass is 16.3. The van der Waals surface area contributed by atoms with E-state index in [0.717, 1.165) is 6.42 Å². The topological polar surface area (TPSA) is 89.8 Å². The SMILES string of the molecule is CCNC(=O)CCC=CCC1C(O)CC(O)C1CCC(O)CCc1ccccc1. The third-order valence-corrected chi connectivity index (χ3v) is 5.95. The molecule has 1 aromatic rings. The molecule has 1 aliphatic rings. The molecule has 1 aromatic carbocycles. The van der Waals surface area contributed by atoms with Crippen LogP contribution in [0.1, 0.15) is 57.4 Å². The van der Waals surface area contributed by atoms with Crippen LogP contribution in [0.25, 0.3) is 0 Å². The summed E-state index contributed by atoms with van der Waals surface area (Å²) in [4.78, 5) is 11.5. The molecule has 5 nitrogen and oxygen atoms in total. The highest BCUT2D eigenvalue weighted by molar-refractivity contribution is 5.75. The zero-order valence-electron chi connectivity index (χ0n) is 17.5. The molecule has 1 fully saturated rings. The van der Waals surface area contributed by atoms with E-state index in [9.17, 15) is 20.1 Å². The van der Waals surface area contributed by atoms with Crippen molar-refractivity contribution in [2.45, 2.75) is 76.6 Å². The molecule has 5 heteroatoms. The van der Waals surface area contributed by atoms with Crippen LogP contribution in [-0.4, -0.2) is 46.1 Å². The van der Waals surface area contributed by atoms with Gasteiger partial charge in [-0.05, 0) is 69.3 Å². The largest absolute Gasteiger partial charge is 0.393 e. The molecule has 5 atom stereocenters. The van der Waals surface area contributed by atoms with Crippen LogP contribution in [0.3, 0.4) is 0 Å². The van der Waals surface area contributed by atoms with Gasteiger partial charge in [-0.3, -0.25) is 4.79 Å². The van der Waals surface area contributed by atoms with E-state index in [4.69, 9.17) is 0 Å². The lowest BCUT2D eigenvalue weighted by Crippen LogP contribution is -2.23. The number of amides is 1. The van der Waals surface area contributed by atoms with Gasteiger partial charge >= 0.3 is 0 Å². The van der Waals surface area contributed by atoms with E-state index in [0.29, 0.717) is 51.5 Å². The van der Waals surface area contributed by atoms with Gasteiger partial charge in [0.25, 0.3) is 0 Å². The Labute approximate surface area is 174 Å². The number of aryl methyl sites for hydroxylation is 1. The van der Waals surface area contributed by atoms with Crippen molar-refractivity contribution in [1.82, 2.24) is 5.32 Å². The Balaban J connectivity index is 1.74. The van der Waals surface area contributed by atoms with E-state index < -0.39 is 18.3 Å². The molecule has 0 spiro atoms. The molecule has 1 saturated carbocycles. The molecular weight excluding hydrogens is 366 g/mol. The summed E-state index contributed by atoms with van der Waals surface area (Å²) in [6.07, 6.45) is 7.73. The quantitative estimate of drug-likeness (QED) is 0.404. The summed E-state index contributed by atoms with van der Waals surface area (Å²) < 4.78 is 0. The van der Waals surface area contributed by atoms with Crippen molar-refractivity contribution >= 4 is 5.91 Å². The van der Waals surface area contributed by atoms with Gasteiger partial charge in [0.05, 0.1) is 18.3 Å². The number of aliphatic hydroxyl groups excluding tert-OH is 3. The number of allylic oxidation sites excluding steroid dienone is 2. The van der Waals surface area contributed by atoms with Crippen molar-refractivity contribution < 1.29 is 20.1 Å². The first kappa shape index (κ1) is 23.6. The highest BCUT2D eigenvalue weighted by Gasteiger charge is 2.40. The average molecular weight is 404 g/mol. The molecule has 0 radical (unpaired) electrons. The zero-order valence-corrected chi connectivity index (χ0v) is 17.5. The Kier molecular flexibility index (Phi) is 10.4. The minimum absolute atomic E-state index is 0.00409. The van der Waals surface area contributed by atoms with Gasteiger partial charge < -0.3 is 20.6 Å². The van der Waals surface area contributed by atoms with Crippen molar-refractivity contribution in [2.24, 2.45) is 11.8 Å². The molecule has 162 valence electrons. The van der Waals surface area contributed by atoms with Gasteiger partial charge in [-0.15, -0.1) is 0 Å². The molecule has 0 bridgehead atoms. The van der Waals surface area contributed by atoms with Crippen molar-refractivity contribution in [1.29, 1.82) is 0 Å². The van der Waals surface area contributed by atoms with E-state index in [1.807, 2.05) is 37.3 Å². The Bertz CT molecular complexity index is 619. The second kappa shape index (κ2) is 12.8. The summed E-state index contributed by atoms with van der Waals surface area (Å²) in [6, 6.07) is 10.1. The molecule has 5 unspecified atom stereocenters. The van der Waals surface area contributed by atoms with E-state index in [2.05, 4.69) is 17.4 Å². The van der Waals surface area contributed by atoms with E-state index >= 15 is 0 Å². The maximum absolute atomic E-state index is 11.5. The van der Waals surface area contributed by atoms with E-state index in [1.54, 1.807) is 0 Å². The van der Waals surface area contributed by atoms with Gasteiger partial charge in [0.1, 0.15) is 0 Å². The number of aliphatic hydroxyl groups is 3. The maximum Gasteiger partial charge on any atom is 0.220 e. The van der Waals surface area contributed by atoms with Crippen LogP contribution in [0.4, 0.5) is 0 Å². The number of carbonyl (C=O) groups excluding carboxylic acids is 1. The number of hydrogen-bond donors (Lipinski definition) is 4. The lowest BCUT2D eigenvalue weighted by atomic mass is 9.85. The molecule has 4 N–H and O–H groups in total. The van der Waals surface area contributed by atoms with Gasteiger partial charge in [-0.1, -0.05) is 42.5 Å². The minimum atomic E-state index is -0.514. The smallest absolute Gasteiger partial charge is 0.220 e. The summed E-state index contributed by atoms with van der Waals surface area (Å²) in [5, 5.41) is 33.8. The first-order valence-corrected chi connectivity index (χ1v) is 11.0. The fourth-order valence-electron chi connectivity index (χ4n) is 4.28. The Morgan fingerprint density at radius 2 is 1.86 bits per heavy atom. The predicted octanol–water partition coefficient (Wildman–Crippen LogP) is 2.98. The molecule has 0 heterocycles. The van der Waals surface area contributed by atoms with Gasteiger partial charge in [-0.2, -0.15) is 0 Å². The number of benzene rings is 1. The van der Waals surface area contributed by atoms with E-state index in [-0.39, 0.29) is 17.7 Å². The first-order valence-electron chi connectivity index (χ1n) is 11.0. The van der Waals surface area contributed by atoms with Gasteiger partial charge in [0.15, 0.2) is 0 Å². The van der Waals surface area contributed by atoms with Crippen LogP contribution in [0.5, 0.6) is 0 Å². The molecule has 0 saturated heterocycles. The summed E-state index contributed by atoms with van der Waals surface area (Å²) in [7, 11) is 0. The van der Waals surface area contributed by atoms with Crippen LogP contribution < -0.4 is 5.32 Å². The maximum atomic E-state index is 11.5. The Hall–Kier alpha value is -1.69. The van der Waals surface area contributed by atoms with Crippen molar-refractivity contribution in [3.8, 4) is 0 Å². The summed E-state index contributed by atoms with van der Waals surface area (Å²) in [6.45, 7) is 2.55. The summed E-state index contributed by atoms with van der Waals surface area (Å²) in [5.74, 6) is 0.0623. The molecule has 1 aliphatic carbocycles. The third-order valence-electron chi connectivity index (χ3n) is 5.95. The average Bonchev–Trinajstić information content (AvgIpc) is 2.98. The van der Waals surface area contributed by atoms with Crippen molar-refractivity contribution in [3.63, 3.8) is 0 Å². The first-order chi connectivity index (χ1) is 14.0. The van der Waals surface area contributed by atoms with Crippen LogP contribution in [-0.2, 0) is 11.2 Å². The molecule has 0 aliphatic heterocycles. The number of rotatable bonds is 12. The monoisotopic (exact) mass is 403 g/mol. The second-order valence-corrected chi connectivity index (χ2v) is 8.15. The molecule has 2 rings (SSSR count). The fourth-order valence-corrected chi connectivity index (χ4v) is 4.28. The predicted molar refractivity (Wildman–Crippen MR) is 115 cm³/mol. The number of hydrogen-bond acceptors (Lipinski definition) is 4. The highest BCUT2D eigenvalue weighted by Crippen LogP contribution is 2.38. The van der Waals surface area contributed by atoms with Crippen LogP contribution in [0, 0.1) is 11.8 Å². The van der Waals surface area contributed by atoms with Gasteiger partial charge in [0.2, 0.25) is 5.91 Å². The molecular formula is C24H37NO4.